The van der Waals surface area contributed by atoms with Gasteiger partial charge in [0.1, 0.15) is 0 Å². The van der Waals surface area contributed by atoms with E-state index < -0.39 is 5.97 Å². The molecule has 1 aromatic heterocycles. The van der Waals surface area contributed by atoms with Gasteiger partial charge in [0.15, 0.2) is 5.69 Å². The van der Waals surface area contributed by atoms with Crippen LogP contribution in [-0.4, -0.2) is 63.7 Å². The maximum Gasteiger partial charge on any atom is 0.358 e. The summed E-state index contributed by atoms with van der Waals surface area (Å²) in [6, 6.07) is 0.559. The lowest BCUT2D eigenvalue weighted by Crippen LogP contribution is -2.41. The molecule has 2 heterocycles. The van der Waals surface area contributed by atoms with E-state index in [1.807, 2.05) is 0 Å². The number of nitrogens with zero attached hydrogens (tertiary/aromatic N) is 4. The Hall–Kier alpha value is -1.47. The zero-order valence-electron chi connectivity index (χ0n) is 10.5. The summed E-state index contributed by atoms with van der Waals surface area (Å²) in [7, 11) is 2.14. The molecule has 2 rings (SSSR count). The smallest absolute Gasteiger partial charge is 0.358 e. The maximum absolute atomic E-state index is 10.6. The Morgan fingerprint density at radius 3 is 2.89 bits per heavy atom. The monoisotopic (exact) mass is 253 g/mol. The van der Waals surface area contributed by atoms with Crippen molar-refractivity contribution < 1.29 is 9.90 Å². The van der Waals surface area contributed by atoms with Gasteiger partial charge in [-0.05, 0) is 33.0 Å². The lowest BCUT2D eigenvalue weighted by molar-refractivity contribution is 0.0690. The van der Waals surface area contributed by atoms with Crippen LogP contribution in [0.4, 0.5) is 0 Å². The fraction of sp³-hybridized carbons (Fsp3) is 0.727. The molecular formula is C11H19N5O2. The van der Waals surface area contributed by atoms with Gasteiger partial charge in [-0.2, -0.15) is 0 Å². The van der Waals surface area contributed by atoms with Crippen molar-refractivity contribution in [1.29, 1.82) is 0 Å². The molecule has 2 N–H and O–H groups in total. The number of hydrogen-bond acceptors (Lipinski definition) is 5. The molecule has 1 fully saturated rings. The summed E-state index contributed by atoms with van der Waals surface area (Å²) in [6.45, 7) is 3.69. The SMILES string of the molecule is CN1CCC(NCCn2cc(C(=O)O)nn2)CC1. The van der Waals surface area contributed by atoms with Crippen LogP contribution < -0.4 is 5.32 Å². The minimum Gasteiger partial charge on any atom is -0.476 e. The first kappa shape index (κ1) is 13.0. The highest BCUT2D eigenvalue weighted by Gasteiger charge is 2.15. The largest absolute Gasteiger partial charge is 0.476 e. The van der Waals surface area contributed by atoms with Crippen molar-refractivity contribution in [3.05, 3.63) is 11.9 Å². The first-order chi connectivity index (χ1) is 8.65. The molecule has 0 atom stereocenters. The van der Waals surface area contributed by atoms with Gasteiger partial charge in [0.2, 0.25) is 0 Å². The number of piperidine rings is 1. The lowest BCUT2D eigenvalue weighted by atomic mass is 10.1. The molecule has 0 unspecified atom stereocenters. The number of carbonyl (C=O) groups is 1. The first-order valence-corrected chi connectivity index (χ1v) is 6.20. The number of hydrogen-bond donors (Lipinski definition) is 2. The molecule has 18 heavy (non-hydrogen) atoms. The summed E-state index contributed by atoms with van der Waals surface area (Å²) < 4.78 is 1.56. The van der Waals surface area contributed by atoms with Gasteiger partial charge < -0.3 is 15.3 Å². The quantitative estimate of drug-likeness (QED) is 0.747. The maximum atomic E-state index is 10.6. The van der Waals surface area contributed by atoms with Gasteiger partial charge in [-0.15, -0.1) is 5.10 Å². The summed E-state index contributed by atoms with van der Waals surface area (Å²) in [5.74, 6) is -1.04. The van der Waals surface area contributed by atoms with E-state index in [0.717, 1.165) is 32.5 Å². The van der Waals surface area contributed by atoms with E-state index in [2.05, 4.69) is 27.6 Å². The van der Waals surface area contributed by atoms with Crippen LogP contribution in [-0.2, 0) is 6.54 Å². The van der Waals surface area contributed by atoms with E-state index in [0.29, 0.717) is 12.6 Å². The summed E-state index contributed by atoms with van der Waals surface area (Å²) in [4.78, 5) is 13.0. The Balaban J connectivity index is 1.70. The average Bonchev–Trinajstić information content (AvgIpc) is 2.81. The van der Waals surface area contributed by atoms with Gasteiger partial charge >= 0.3 is 5.97 Å². The Morgan fingerprint density at radius 1 is 1.56 bits per heavy atom. The molecule has 0 bridgehead atoms. The third-order valence-electron chi connectivity index (χ3n) is 3.25. The van der Waals surface area contributed by atoms with Crippen LogP contribution >= 0.6 is 0 Å². The van der Waals surface area contributed by atoms with Gasteiger partial charge in [0.05, 0.1) is 12.7 Å². The molecule has 0 spiro atoms. The molecule has 0 amide bonds. The minimum absolute atomic E-state index is 0.00529. The third kappa shape index (κ3) is 3.51. The van der Waals surface area contributed by atoms with Gasteiger partial charge in [0.25, 0.3) is 0 Å². The van der Waals surface area contributed by atoms with E-state index >= 15 is 0 Å². The van der Waals surface area contributed by atoms with Crippen molar-refractivity contribution in [3.63, 3.8) is 0 Å². The van der Waals surface area contributed by atoms with Crippen molar-refractivity contribution in [3.8, 4) is 0 Å². The topological polar surface area (TPSA) is 83.3 Å². The van der Waals surface area contributed by atoms with E-state index in [4.69, 9.17) is 5.11 Å². The Bertz CT molecular complexity index is 398. The second kappa shape index (κ2) is 5.92. The van der Waals surface area contributed by atoms with Crippen LogP contribution in [0.25, 0.3) is 0 Å². The molecule has 0 aliphatic carbocycles. The summed E-state index contributed by atoms with van der Waals surface area (Å²) in [6.07, 6.45) is 3.78. The zero-order chi connectivity index (χ0) is 13.0. The van der Waals surface area contributed by atoms with Gasteiger partial charge in [-0.3, -0.25) is 4.68 Å². The van der Waals surface area contributed by atoms with E-state index in [1.165, 1.54) is 6.20 Å². The van der Waals surface area contributed by atoms with E-state index in [-0.39, 0.29) is 5.69 Å². The predicted octanol–water partition coefficient (Wildman–Crippen LogP) is -0.340. The van der Waals surface area contributed by atoms with Gasteiger partial charge in [0, 0.05) is 12.6 Å². The molecule has 100 valence electrons. The van der Waals surface area contributed by atoms with Crippen LogP contribution in [0.15, 0.2) is 6.20 Å². The fourth-order valence-electron chi connectivity index (χ4n) is 2.10. The van der Waals surface area contributed by atoms with Crippen molar-refractivity contribution in [2.24, 2.45) is 0 Å². The first-order valence-electron chi connectivity index (χ1n) is 6.20. The van der Waals surface area contributed by atoms with E-state index in [9.17, 15) is 4.79 Å². The van der Waals surface area contributed by atoms with Crippen molar-refractivity contribution in [2.45, 2.75) is 25.4 Å². The summed E-state index contributed by atoms with van der Waals surface area (Å²) in [5.41, 5.74) is -0.00529. The molecule has 0 aromatic carbocycles. The highest BCUT2D eigenvalue weighted by atomic mass is 16.4. The van der Waals surface area contributed by atoms with Crippen molar-refractivity contribution >= 4 is 5.97 Å². The lowest BCUT2D eigenvalue weighted by Gasteiger charge is -2.29. The molecule has 7 nitrogen and oxygen atoms in total. The Morgan fingerprint density at radius 2 is 2.28 bits per heavy atom. The normalized spacial score (nSPS) is 18.1. The van der Waals surface area contributed by atoms with Crippen molar-refractivity contribution in [1.82, 2.24) is 25.2 Å². The molecule has 7 heteroatoms. The second-order valence-electron chi connectivity index (χ2n) is 4.70. The highest BCUT2D eigenvalue weighted by molar-refractivity contribution is 5.84. The molecule has 1 saturated heterocycles. The van der Waals surface area contributed by atoms with Crippen LogP contribution in [0.1, 0.15) is 23.3 Å². The minimum atomic E-state index is -1.04. The number of nitrogens with one attached hydrogen (secondary N) is 1. The van der Waals surface area contributed by atoms with Crippen LogP contribution in [0, 0.1) is 0 Å². The standard InChI is InChI=1S/C11H19N5O2/c1-15-5-2-9(3-6-15)12-4-7-16-8-10(11(17)18)13-14-16/h8-9,12H,2-7H2,1H3,(H,17,18). The van der Waals surface area contributed by atoms with Crippen LogP contribution in [0.5, 0.6) is 0 Å². The predicted molar refractivity (Wildman–Crippen MR) is 65.5 cm³/mol. The number of aromatic carboxylic acids is 1. The molecule has 0 radical (unpaired) electrons. The number of rotatable bonds is 5. The van der Waals surface area contributed by atoms with Gasteiger partial charge in [-0.1, -0.05) is 5.21 Å². The molecular weight excluding hydrogens is 234 g/mol. The van der Waals surface area contributed by atoms with Gasteiger partial charge in [-0.25, -0.2) is 4.79 Å². The third-order valence-corrected chi connectivity index (χ3v) is 3.25. The van der Waals surface area contributed by atoms with Crippen LogP contribution in [0.2, 0.25) is 0 Å². The molecule has 1 aliphatic heterocycles. The van der Waals surface area contributed by atoms with E-state index in [1.54, 1.807) is 4.68 Å². The molecule has 1 aromatic rings. The molecule has 0 saturated carbocycles. The Kier molecular flexibility index (Phi) is 4.27. The highest BCUT2D eigenvalue weighted by Crippen LogP contribution is 2.07. The number of likely N-dealkylation sites (tertiary alicyclic amines) is 1. The Labute approximate surface area is 106 Å². The number of carboxylic acids is 1. The number of aromatic nitrogens is 3. The average molecular weight is 253 g/mol. The second-order valence-corrected chi connectivity index (χ2v) is 4.70. The zero-order valence-corrected chi connectivity index (χ0v) is 10.5. The molecule has 1 aliphatic rings. The summed E-state index contributed by atoms with van der Waals surface area (Å²) in [5, 5.41) is 19.5. The number of carboxylic acid groups (broad SMARTS) is 1. The fourth-order valence-corrected chi connectivity index (χ4v) is 2.10. The van der Waals surface area contributed by atoms with Crippen LogP contribution in [0.3, 0.4) is 0 Å². The van der Waals surface area contributed by atoms with Crippen molar-refractivity contribution in [2.75, 3.05) is 26.7 Å². The summed E-state index contributed by atoms with van der Waals surface area (Å²) >= 11 is 0.